The largest absolute Gasteiger partial charge is 0.378 e. The van der Waals surface area contributed by atoms with Crippen molar-refractivity contribution in [3.63, 3.8) is 0 Å². The number of likely N-dealkylation sites (tertiary alicyclic amines) is 1. The molecule has 5 nitrogen and oxygen atoms in total. The monoisotopic (exact) mass is 357 g/mol. The van der Waals surface area contributed by atoms with Crippen molar-refractivity contribution < 1.29 is 9.53 Å². The van der Waals surface area contributed by atoms with Crippen molar-refractivity contribution in [1.82, 2.24) is 14.7 Å². The summed E-state index contributed by atoms with van der Waals surface area (Å²) in [7, 11) is 0. The number of ether oxygens (including phenoxy) is 1. The third kappa shape index (κ3) is 3.28. The molecule has 1 aromatic rings. The van der Waals surface area contributed by atoms with Crippen molar-refractivity contribution in [2.24, 2.45) is 5.41 Å². The van der Waals surface area contributed by atoms with Crippen LogP contribution in [0, 0.1) is 5.41 Å². The molecule has 1 unspecified atom stereocenters. The fourth-order valence-corrected chi connectivity index (χ4v) is 4.83. The number of benzene rings is 1. The highest BCUT2D eigenvalue weighted by molar-refractivity contribution is 5.82. The van der Waals surface area contributed by atoms with Crippen LogP contribution in [0.3, 0.4) is 0 Å². The molecule has 26 heavy (non-hydrogen) atoms. The molecule has 5 heteroatoms. The topological polar surface area (TPSA) is 36.0 Å². The molecule has 3 fully saturated rings. The van der Waals surface area contributed by atoms with Crippen molar-refractivity contribution in [2.75, 3.05) is 45.9 Å². The third-order valence-electron chi connectivity index (χ3n) is 5.97. The highest BCUT2D eigenvalue weighted by Gasteiger charge is 2.56. The van der Waals surface area contributed by atoms with Crippen molar-refractivity contribution in [1.29, 1.82) is 0 Å². The fraction of sp³-hybridized carbons (Fsp3) is 0.667. The first-order valence-corrected chi connectivity index (χ1v) is 9.78. The maximum absolute atomic E-state index is 12.7. The minimum Gasteiger partial charge on any atom is -0.378 e. The van der Waals surface area contributed by atoms with Crippen LogP contribution in [0.4, 0.5) is 0 Å². The van der Waals surface area contributed by atoms with E-state index >= 15 is 0 Å². The summed E-state index contributed by atoms with van der Waals surface area (Å²) in [5.74, 6) is 0.271. The molecule has 0 aliphatic carbocycles. The van der Waals surface area contributed by atoms with Crippen LogP contribution in [0.15, 0.2) is 30.3 Å². The molecule has 1 aromatic carbocycles. The summed E-state index contributed by atoms with van der Waals surface area (Å²) in [6.45, 7) is 13.4. The lowest BCUT2D eigenvalue weighted by Crippen LogP contribution is -2.81. The summed E-state index contributed by atoms with van der Waals surface area (Å²) in [6, 6.07) is 11.1. The van der Waals surface area contributed by atoms with Gasteiger partial charge in [-0.2, -0.15) is 0 Å². The summed E-state index contributed by atoms with van der Waals surface area (Å²) in [6.07, 6.45) is 0. The van der Waals surface area contributed by atoms with E-state index in [1.165, 1.54) is 5.56 Å². The predicted molar refractivity (Wildman–Crippen MR) is 102 cm³/mol. The quantitative estimate of drug-likeness (QED) is 0.809. The van der Waals surface area contributed by atoms with Crippen LogP contribution in [0.25, 0.3) is 0 Å². The molecule has 4 rings (SSSR count). The third-order valence-corrected chi connectivity index (χ3v) is 5.97. The number of hydrogen-bond donors (Lipinski definition) is 0. The lowest BCUT2D eigenvalue weighted by molar-refractivity contribution is -0.182. The SMILES string of the molecule is CC(C)(C)C(=O)N1CC2(CN(Cc3ccccc3)CC3COCCN32)C1. The number of fused-ring (bicyclic) bond motifs is 2. The van der Waals surface area contributed by atoms with Crippen LogP contribution in [0.2, 0.25) is 0 Å². The Morgan fingerprint density at radius 2 is 1.92 bits per heavy atom. The lowest BCUT2D eigenvalue weighted by Gasteiger charge is -2.63. The maximum Gasteiger partial charge on any atom is 0.228 e. The Balaban J connectivity index is 1.50. The van der Waals surface area contributed by atoms with Gasteiger partial charge in [0.05, 0.1) is 18.8 Å². The van der Waals surface area contributed by atoms with Crippen LogP contribution < -0.4 is 0 Å². The molecular formula is C21H31N3O2. The molecule has 3 aliphatic rings. The summed E-state index contributed by atoms with van der Waals surface area (Å²) >= 11 is 0. The first-order valence-electron chi connectivity index (χ1n) is 9.78. The van der Waals surface area contributed by atoms with E-state index in [-0.39, 0.29) is 16.9 Å². The number of piperazine rings is 1. The second-order valence-corrected chi connectivity index (χ2v) is 9.21. The van der Waals surface area contributed by atoms with E-state index in [1.807, 2.05) is 20.8 Å². The van der Waals surface area contributed by atoms with E-state index in [0.29, 0.717) is 6.04 Å². The molecule has 3 heterocycles. The number of rotatable bonds is 2. The molecular weight excluding hydrogens is 326 g/mol. The molecule has 0 radical (unpaired) electrons. The Kier molecular flexibility index (Phi) is 4.58. The average Bonchev–Trinajstić information content (AvgIpc) is 2.58. The predicted octanol–water partition coefficient (Wildman–Crippen LogP) is 1.83. The van der Waals surface area contributed by atoms with Crippen LogP contribution in [0.5, 0.6) is 0 Å². The van der Waals surface area contributed by atoms with Gasteiger partial charge in [0.2, 0.25) is 5.91 Å². The zero-order valence-electron chi connectivity index (χ0n) is 16.3. The molecule has 3 saturated heterocycles. The van der Waals surface area contributed by atoms with E-state index in [2.05, 4.69) is 45.0 Å². The van der Waals surface area contributed by atoms with Gasteiger partial charge in [0.25, 0.3) is 0 Å². The second kappa shape index (κ2) is 6.63. The molecule has 0 N–H and O–H groups in total. The number of nitrogens with zero attached hydrogens (tertiary/aromatic N) is 3. The Hall–Kier alpha value is -1.43. The molecule has 142 valence electrons. The van der Waals surface area contributed by atoms with E-state index in [0.717, 1.165) is 52.5 Å². The first kappa shape index (κ1) is 18.0. The minimum absolute atomic E-state index is 0.0996. The molecule has 0 saturated carbocycles. The summed E-state index contributed by atoms with van der Waals surface area (Å²) in [4.78, 5) is 19.9. The van der Waals surface area contributed by atoms with E-state index < -0.39 is 0 Å². The molecule has 0 aromatic heterocycles. The van der Waals surface area contributed by atoms with Gasteiger partial charge in [0.1, 0.15) is 0 Å². The first-order chi connectivity index (χ1) is 12.4. The highest BCUT2D eigenvalue weighted by Crippen LogP contribution is 2.37. The Morgan fingerprint density at radius 1 is 1.19 bits per heavy atom. The molecule has 0 bridgehead atoms. The number of carbonyl (C=O) groups is 1. The van der Waals surface area contributed by atoms with Crippen LogP contribution >= 0.6 is 0 Å². The maximum atomic E-state index is 12.7. The van der Waals surface area contributed by atoms with Gasteiger partial charge in [-0.1, -0.05) is 51.1 Å². The second-order valence-electron chi connectivity index (χ2n) is 9.21. The normalized spacial score (nSPS) is 26.4. The smallest absolute Gasteiger partial charge is 0.228 e. The van der Waals surface area contributed by atoms with Gasteiger partial charge in [-0.05, 0) is 5.56 Å². The van der Waals surface area contributed by atoms with E-state index in [9.17, 15) is 4.79 Å². The Bertz CT molecular complexity index is 649. The zero-order chi connectivity index (χ0) is 18.4. The average molecular weight is 357 g/mol. The molecule has 3 aliphatic heterocycles. The van der Waals surface area contributed by atoms with Crippen molar-refractivity contribution >= 4 is 5.91 Å². The molecule has 1 atom stereocenters. The minimum atomic E-state index is -0.301. The van der Waals surface area contributed by atoms with Gasteiger partial charge in [-0.25, -0.2) is 0 Å². The van der Waals surface area contributed by atoms with Crippen molar-refractivity contribution in [2.45, 2.75) is 38.9 Å². The van der Waals surface area contributed by atoms with E-state index in [4.69, 9.17) is 4.74 Å². The zero-order valence-corrected chi connectivity index (χ0v) is 16.3. The number of hydrogen-bond acceptors (Lipinski definition) is 4. The van der Waals surface area contributed by atoms with Gasteiger partial charge in [-0.3, -0.25) is 14.6 Å². The Labute approximate surface area is 156 Å². The van der Waals surface area contributed by atoms with Gasteiger partial charge in [0.15, 0.2) is 0 Å². The fourth-order valence-electron chi connectivity index (χ4n) is 4.83. The van der Waals surface area contributed by atoms with Gasteiger partial charge >= 0.3 is 0 Å². The van der Waals surface area contributed by atoms with E-state index in [1.54, 1.807) is 0 Å². The number of amides is 1. The van der Waals surface area contributed by atoms with Crippen LogP contribution in [-0.2, 0) is 16.1 Å². The molecule has 1 spiro atoms. The number of morpholine rings is 1. The summed E-state index contributed by atoms with van der Waals surface area (Å²) < 4.78 is 5.78. The Morgan fingerprint density at radius 3 is 2.62 bits per heavy atom. The summed E-state index contributed by atoms with van der Waals surface area (Å²) in [5.41, 5.74) is 1.15. The number of carbonyl (C=O) groups excluding carboxylic acids is 1. The van der Waals surface area contributed by atoms with Crippen molar-refractivity contribution in [3.8, 4) is 0 Å². The standard InChI is InChI=1S/C21H31N3O2/c1-20(2,3)19(25)23-15-21(16-23)14-22(11-17-7-5-4-6-8-17)12-18-13-26-10-9-24(18)21/h4-8,18H,9-16H2,1-3H3. The molecule has 1 amide bonds. The lowest BCUT2D eigenvalue weighted by atomic mass is 9.80. The summed E-state index contributed by atoms with van der Waals surface area (Å²) in [5, 5.41) is 0. The van der Waals surface area contributed by atoms with Crippen LogP contribution in [-0.4, -0.2) is 78.1 Å². The van der Waals surface area contributed by atoms with Gasteiger partial charge in [-0.15, -0.1) is 0 Å². The van der Waals surface area contributed by atoms with Gasteiger partial charge < -0.3 is 9.64 Å². The van der Waals surface area contributed by atoms with Crippen molar-refractivity contribution in [3.05, 3.63) is 35.9 Å². The highest BCUT2D eigenvalue weighted by atomic mass is 16.5. The van der Waals surface area contributed by atoms with Gasteiger partial charge in [0, 0.05) is 50.7 Å². The van der Waals surface area contributed by atoms with Crippen LogP contribution in [0.1, 0.15) is 26.3 Å².